The lowest BCUT2D eigenvalue weighted by atomic mass is 9.36. The number of anilines is 6. The first kappa shape index (κ1) is 42.2. The van der Waals surface area contributed by atoms with E-state index in [-0.39, 0.29) is 12.1 Å². The fourth-order valence-electron chi connectivity index (χ4n) is 11.6. The van der Waals surface area contributed by atoms with Gasteiger partial charge in [0.15, 0.2) is 0 Å². The van der Waals surface area contributed by atoms with Crippen molar-refractivity contribution in [3.63, 3.8) is 0 Å². The van der Waals surface area contributed by atoms with Gasteiger partial charge in [-0.2, -0.15) is 0 Å². The molecular formula is C63H47BN2S4. The van der Waals surface area contributed by atoms with Gasteiger partial charge in [0, 0.05) is 84.6 Å². The molecule has 7 heteroatoms. The minimum absolute atomic E-state index is 0.00895. The molecular weight excluding hydrogens is 924 g/mol. The van der Waals surface area contributed by atoms with Crippen LogP contribution in [0.4, 0.5) is 34.1 Å². The average molecular weight is 971 g/mol. The summed E-state index contributed by atoms with van der Waals surface area (Å²) in [5, 5.41) is 12.3. The zero-order chi connectivity index (χ0) is 47.2. The van der Waals surface area contributed by atoms with Crippen LogP contribution in [0.1, 0.15) is 43.0 Å². The van der Waals surface area contributed by atoms with E-state index in [4.69, 9.17) is 0 Å². The summed E-state index contributed by atoms with van der Waals surface area (Å²) in [6, 6.07) is 60.3. The molecule has 0 spiro atoms. The Morgan fingerprint density at radius 1 is 0.443 bits per heavy atom. The van der Waals surface area contributed by atoms with Crippen LogP contribution in [0.2, 0.25) is 0 Å². The van der Waals surface area contributed by atoms with E-state index in [0.717, 1.165) is 5.69 Å². The second-order valence-electron chi connectivity index (χ2n) is 20.3. The molecule has 2 aliphatic heterocycles. The molecule has 14 rings (SSSR count). The van der Waals surface area contributed by atoms with Crippen molar-refractivity contribution in [2.24, 2.45) is 0 Å². The van der Waals surface area contributed by atoms with Crippen LogP contribution >= 0.6 is 45.3 Å². The molecule has 70 heavy (non-hydrogen) atoms. The topological polar surface area (TPSA) is 6.48 Å². The van der Waals surface area contributed by atoms with E-state index in [1.54, 1.807) is 0 Å². The van der Waals surface area contributed by atoms with Crippen LogP contribution in [0.5, 0.6) is 0 Å². The Morgan fingerprint density at radius 2 is 1.01 bits per heavy atom. The summed E-state index contributed by atoms with van der Waals surface area (Å²) in [4.78, 5) is 5.29. The summed E-state index contributed by atoms with van der Waals surface area (Å²) in [6.07, 6.45) is 0. The minimum Gasteiger partial charge on any atom is -0.311 e. The Kier molecular flexibility index (Phi) is 9.42. The Hall–Kier alpha value is -6.74. The Balaban J connectivity index is 1.05. The summed E-state index contributed by atoms with van der Waals surface area (Å²) in [5.41, 5.74) is 22.9. The first-order chi connectivity index (χ1) is 34.1. The fourth-order valence-corrected chi connectivity index (χ4v) is 15.8. The van der Waals surface area contributed by atoms with E-state index in [1.807, 2.05) is 45.3 Å². The van der Waals surface area contributed by atoms with E-state index in [2.05, 4.69) is 225 Å². The molecule has 0 amide bonds. The molecule has 2 aliphatic rings. The SMILES string of the molecule is Cc1cc2c3c(c1)N(c1c(C)cc(-c4csc5ccccc45)cc1C)c1c(sc4ccc(C(C)(C)C)cc14)B3c1ccc(-c3csc4ccccc34)cc1N2c1cccc(-c2csc3ccccc23)c1. The number of rotatable bonds is 5. The molecule has 6 heterocycles. The summed E-state index contributed by atoms with van der Waals surface area (Å²) in [7, 11) is 0. The highest BCUT2D eigenvalue weighted by Crippen LogP contribution is 2.52. The van der Waals surface area contributed by atoms with Gasteiger partial charge >= 0.3 is 0 Å². The van der Waals surface area contributed by atoms with E-state index in [0.29, 0.717) is 0 Å². The molecule has 0 bridgehead atoms. The van der Waals surface area contributed by atoms with E-state index < -0.39 is 0 Å². The number of hydrogen-bond acceptors (Lipinski definition) is 6. The monoisotopic (exact) mass is 970 g/mol. The van der Waals surface area contributed by atoms with Crippen LogP contribution in [-0.4, -0.2) is 6.71 Å². The molecule has 0 saturated heterocycles. The van der Waals surface area contributed by atoms with Gasteiger partial charge in [0.25, 0.3) is 6.71 Å². The molecule has 2 nitrogen and oxygen atoms in total. The highest BCUT2D eigenvalue weighted by molar-refractivity contribution is 7.33. The first-order valence-corrected chi connectivity index (χ1v) is 27.6. The predicted octanol–water partition coefficient (Wildman–Crippen LogP) is 17.9. The van der Waals surface area contributed by atoms with Crippen LogP contribution < -0.4 is 25.5 Å². The Bertz CT molecular complexity index is 4110. The minimum atomic E-state index is -0.00895. The van der Waals surface area contributed by atoms with Crippen LogP contribution in [-0.2, 0) is 5.41 Å². The van der Waals surface area contributed by atoms with Crippen molar-refractivity contribution in [3.05, 3.63) is 196 Å². The van der Waals surface area contributed by atoms with Gasteiger partial charge in [0.2, 0.25) is 0 Å². The lowest BCUT2D eigenvalue weighted by Crippen LogP contribution is -2.60. The van der Waals surface area contributed by atoms with Crippen molar-refractivity contribution in [1.29, 1.82) is 0 Å². The highest BCUT2D eigenvalue weighted by atomic mass is 32.1. The molecule has 0 radical (unpaired) electrons. The molecule has 0 saturated carbocycles. The third-order valence-electron chi connectivity index (χ3n) is 14.9. The number of benzene rings is 8. The third-order valence-corrected chi connectivity index (χ3v) is 19.0. The fraction of sp³-hybridized carbons (Fsp3) is 0.111. The van der Waals surface area contributed by atoms with Crippen molar-refractivity contribution in [2.45, 2.75) is 47.0 Å². The molecule has 4 aromatic heterocycles. The number of aryl methyl sites for hydroxylation is 3. The van der Waals surface area contributed by atoms with Gasteiger partial charge in [-0.1, -0.05) is 106 Å². The molecule has 8 aromatic carbocycles. The normalized spacial score (nSPS) is 13.2. The molecule has 12 aromatic rings. The van der Waals surface area contributed by atoms with Crippen molar-refractivity contribution in [3.8, 4) is 33.4 Å². The van der Waals surface area contributed by atoms with Crippen molar-refractivity contribution in [2.75, 3.05) is 9.80 Å². The zero-order valence-corrected chi connectivity index (χ0v) is 43.1. The van der Waals surface area contributed by atoms with Crippen LogP contribution in [0.25, 0.3) is 73.7 Å². The van der Waals surface area contributed by atoms with Gasteiger partial charge in [-0.3, -0.25) is 0 Å². The summed E-state index contributed by atoms with van der Waals surface area (Å²) in [6.45, 7) is 14.0. The number of hydrogen-bond donors (Lipinski definition) is 0. The van der Waals surface area contributed by atoms with Gasteiger partial charge in [-0.15, -0.1) is 45.3 Å². The van der Waals surface area contributed by atoms with Gasteiger partial charge < -0.3 is 9.80 Å². The summed E-state index contributed by atoms with van der Waals surface area (Å²) < 4.78 is 6.67. The molecule has 336 valence electrons. The maximum absolute atomic E-state index is 2.69. The van der Waals surface area contributed by atoms with Crippen molar-refractivity contribution < 1.29 is 0 Å². The van der Waals surface area contributed by atoms with E-state index in [9.17, 15) is 0 Å². The summed E-state index contributed by atoms with van der Waals surface area (Å²) >= 11 is 7.47. The maximum Gasteiger partial charge on any atom is 0.264 e. The quantitative estimate of drug-likeness (QED) is 0.159. The van der Waals surface area contributed by atoms with Crippen LogP contribution in [0.15, 0.2) is 174 Å². The second kappa shape index (κ2) is 15.6. The van der Waals surface area contributed by atoms with Crippen molar-refractivity contribution in [1.82, 2.24) is 0 Å². The highest BCUT2D eigenvalue weighted by Gasteiger charge is 2.46. The smallest absolute Gasteiger partial charge is 0.264 e. The number of nitrogens with zero attached hydrogens (tertiary/aromatic N) is 2. The third kappa shape index (κ3) is 6.34. The van der Waals surface area contributed by atoms with E-state index in [1.165, 1.54) is 140 Å². The largest absolute Gasteiger partial charge is 0.311 e. The molecule has 0 fully saturated rings. The maximum atomic E-state index is 2.69. The van der Waals surface area contributed by atoms with Crippen LogP contribution in [0, 0.1) is 20.8 Å². The second-order valence-corrected chi connectivity index (χ2v) is 24.1. The Morgan fingerprint density at radius 3 is 1.63 bits per heavy atom. The standard InChI is InChI=1S/C63H47BN2S4/c1-36-26-53-59-54(27-36)66(60-37(2)28-41(29-38(60)3)50-35-69-57-21-12-9-18-46(50)57)61-47-32-42(63(4,5)6)23-25-58(47)70-62(61)64(59)51-24-22-40(49-34-68-56-20-11-8-17-45(49)56)31-52(51)65(53)43-15-13-14-39(30-43)48-33-67-55-19-10-7-16-44(48)55/h7-35H,1-6H3. The zero-order valence-electron chi connectivity index (χ0n) is 39.8. The lowest BCUT2D eigenvalue weighted by molar-refractivity contribution is 0.591. The molecule has 0 N–H and O–H groups in total. The van der Waals surface area contributed by atoms with Gasteiger partial charge in [0.1, 0.15) is 0 Å². The molecule has 0 atom stereocenters. The van der Waals surface area contributed by atoms with Gasteiger partial charge in [-0.25, -0.2) is 0 Å². The predicted molar refractivity (Wildman–Crippen MR) is 311 cm³/mol. The lowest BCUT2D eigenvalue weighted by Gasteiger charge is -2.44. The first-order valence-electron chi connectivity index (χ1n) is 24.1. The molecule has 0 unspecified atom stereocenters. The van der Waals surface area contributed by atoms with Gasteiger partial charge in [0.05, 0.1) is 11.4 Å². The van der Waals surface area contributed by atoms with Gasteiger partial charge in [-0.05, 0) is 165 Å². The molecule has 0 aliphatic carbocycles. The Labute approximate surface area is 425 Å². The van der Waals surface area contributed by atoms with Crippen molar-refractivity contribution >= 4 is 142 Å². The van der Waals surface area contributed by atoms with E-state index >= 15 is 0 Å². The number of fused-ring (bicyclic) bond motifs is 9. The average Bonchev–Trinajstić information content (AvgIpc) is 4.18. The number of thiophene rings is 4. The van der Waals surface area contributed by atoms with Crippen LogP contribution in [0.3, 0.4) is 0 Å². The summed E-state index contributed by atoms with van der Waals surface area (Å²) in [5.74, 6) is 0.